The fourth-order valence-corrected chi connectivity index (χ4v) is 2.87. The summed E-state index contributed by atoms with van der Waals surface area (Å²) in [6.45, 7) is 0.606. The Morgan fingerprint density at radius 3 is 2.84 bits per heavy atom. The van der Waals surface area contributed by atoms with Gasteiger partial charge in [-0.1, -0.05) is 11.6 Å². The van der Waals surface area contributed by atoms with Gasteiger partial charge in [-0.2, -0.15) is 0 Å². The van der Waals surface area contributed by atoms with Gasteiger partial charge in [-0.3, -0.25) is 0 Å². The quantitative estimate of drug-likeness (QED) is 0.640. The molecule has 0 aliphatic heterocycles. The molecule has 0 fully saturated rings. The summed E-state index contributed by atoms with van der Waals surface area (Å²) >= 11 is 10.9. The molecular formula is C13H12BrClN2OS. The maximum Gasteiger partial charge on any atom is 0.133 e. The largest absolute Gasteiger partial charge is 0.492 e. The van der Waals surface area contributed by atoms with Gasteiger partial charge in [-0.05, 0) is 46.3 Å². The van der Waals surface area contributed by atoms with Crippen molar-refractivity contribution in [2.75, 3.05) is 18.1 Å². The number of anilines is 1. The lowest BCUT2D eigenvalue weighted by Crippen LogP contribution is -2.00. The lowest BCUT2D eigenvalue weighted by atomic mass is 10.3. The van der Waals surface area contributed by atoms with Crippen molar-refractivity contribution < 1.29 is 4.74 Å². The van der Waals surface area contributed by atoms with Crippen LogP contribution in [0.3, 0.4) is 0 Å². The number of benzene rings is 1. The number of rotatable bonds is 5. The molecular weight excluding hydrogens is 348 g/mol. The highest BCUT2D eigenvalue weighted by molar-refractivity contribution is 9.10. The van der Waals surface area contributed by atoms with Crippen LogP contribution in [0.25, 0.3) is 0 Å². The molecule has 0 radical (unpaired) electrons. The van der Waals surface area contributed by atoms with Crippen molar-refractivity contribution in [3.8, 4) is 5.75 Å². The predicted octanol–water partition coefficient (Wildman–Crippen LogP) is 4.25. The summed E-state index contributed by atoms with van der Waals surface area (Å²) in [5, 5.41) is 0.682. The van der Waals surface area contributed by atoms with E-state index in [4.69, 9.17) is 22.1 Å². The Bertz CT molecular complexity index is 551. The van der Waals surface area contributed by atoms with Crippen molar-refractivity contribution in [1.82, 2.24) is 4.98 Å². The van der Waals surface area contributed by atoms with E-state index in [2.05, 4.69) is 20.9 Å². The molecule has 1 aromatic carbocycles. The average molecular weight is 360 g/mol. The summed E-state index contributed by atoms with van der Waals surface area (Å²) in [4.78, 5) is 5.11. The number of nitrogens with zero attached hydrogens (tertiary/aromatic N) is 1. The van der Waals surface area contributed by atoms with Crippen LogP contribution in [0.4, 0.5) is 5.82 Å². The third kappa shape index (κ3) is 4.60. The van der Waals surface area contributed by atoms with Crippen LogP contribution in [0.5, 0.6) is 5.75 Å². The molecule has 0 aliphatic rings. The fraction of sp³-hybridized carbons (Fsp3) is 0.154. The fourth-order valence-electron chi connectivity index (χ4n) is 1.38. The molecule has 1 aromatic heterocycles. The van der Waals surface area contributed by atoms with Crippen molar-refractivity contribution in [3.05, 3.63) is 46.0 Å². The molecule has 19 heavy (non-hydrogen) atoms. The van der Waals surface area contributed by atoms with Crippen LogP contribution in [0.15, 0.2) is 45.9 Å². The van der Waals surface area contributed by atoms with Crippen LogP contribution in [0.1, 0.15) is 0 Å². The van der Waals surface area contributed by atoms with Crippen molar-refractivity contribution in [2.24, 2.45) is 0 Å². The minimum atomic E-state index is 0.533. The molecule has 0 saturated heterocycles. The predicted molar refractivity (Wildman–Crippen MR) is 84.0 cm³/mol. The highest BCUT2D eigenvalue weighted by atomic mass is 79.9. The van der Waals surface area contributed by atoms with Gasteiger partial charge in [0.1, 0.15) is 11.6 Å². The molecule has 0 bridgehead atoms. The topological polar surface area (TPSA) is 48.1 Å². The van der Waals surface area contributed by atoms with Gasteiger partial charge in [0.05, 0.1) is 11.1 Å². The number of nitrogens with two attached hydrogens (primary N) is 1. The van der Waals surface area contributed by atoms with Crippen molar-refractivity contribution in [2.45, 2.75) is 4.90 Å². The lowest BCUT2D eigenvalue weighted by molar-refractivity contribution is 0.342. The van der Waals surface area contributed by atoms with E-state index >= 15 is 0 Å². The van der Waals surface area contributed by atoms with Crippen LogP contribution >= 0.6 is 39.3 Å². The third-order valence-corrected chi connectivity index (χ3v) is 4.06. The second-order valence-electron chi connectivity index (χ2n) is 3.69. The maximum atomic E-state index is 5.86. The number of hydrogen-bond acceptors (Lipinski definition) is 4. The maximum absolute atomic E-state index is 5.86. The summed E-state index contributed by atoms with van der Waals surface area (Å²) in [6, 6.07) is 9.21. The lowest BCUT2D eigenvalue weighted by Gasteiger charge is -2.08. The summed E-state index contributed by atoms with van der Waals surface area (Å²) in [5.74, 6) is 2.16. The van der Waals surface area contributed by atoms with Gasteiger partial charge in [0.25, 0.3) is 0 Å². The van der Waals surface area contributed by atoms with Crippen LogP contribution in [0.2, 0.25) is 5.02 Å². The summed E-state index contributed by atoms with van der Waals surface area (Å²) < 4.78 is 6.53. The summed E-state index contributed by atoms with van der Waals surface area (Å²) in [7, 11) is 0. The van der Waals surface area contributed by atoms with Crippen molar-refractivity contribution >= 4 is 45.1 Å². The molecule has 0 unspecified atom stereocenters. The molecule has 2 N–H and O–H groups in total. The Balaban J connectivity index is 1.79. The van der Waals surface area contributed by atoms with E-state index in [-0.39, 0.29) is 0 Å². The second kappa shape index (κ2) is 7.03. The molecule has 1 heterocycles. The standard InChI is InChI=1S/C13H12BrClN2OS/c14-11-7-9(15)1-3-12(11)18-5-6-19-10-2-4-13(16)17-8-10/h1-4,7-8H,5-6H2,(H2,16,17). The minimum Gasteiger partial charge on any atom is -0.492 e. The molecule has 0 saturated carbocycles. The Kier molecular flexibility index (Phi) is 5.36. The van der Waals surface area contributed by atoms with Crippen molar-refractivity contribution in [1.29, 1.82) is 0 Å². The van der Waals surface area contributed by atoms with E-state index in [1.54, 1.807) is 30.1 Å². The van der Waals surface area contributed by atoms with Crippen LogP contribution in [-0.4, -0.2) is 17.3 Å². The number of aromatic nitrogens is 1. The average Bonchev–Trinajstić information content (AvgIpc) is 2.39. The molecule has 3 nitrogen and oxygen atoms in total. The molecule has 0 atom stereocenters. The van der Waals surface area contributed by atoms with Crippen LogP contribution in [-0.2, 0) is 0 Å². The van der Waals surface area contributed by atoms with Gasteiger partial charge >= 0.3 is 0 Å². The molecule has 100 valence electrons. The third-order valence-electron chi connectivity index (χ3n) is 2.26. The SMILES string of the molecule is Nc1ccc(SCCOc2ccc(Cl)cc2Br)cn1. The van der Waals surface area contributed by atoms with Gasteiger partial charge in [-0.15, -0.1) is 11.8 Å². The van der Waals surface area contributed by atoms with Gasteiger partial charge < -0.3 is 10.5 Å². The first-order valence-corrected chi connectivity index (χ1v) is 7.73. The first kappa shape index (κ1) is 14.5. The molecule has 0 aliphatic carbocycles. The number of pyridine rings is 1. The first-order chi connectivity index (χ1) is 9.15. The Labute approximate surface area is 129 Å². The second-order valence-corrected chi connectivity index (χ2v) is 6.15. The van der Waals surface area contributed by atoms with Crippen molar-refractivity contribution in [3.63, 3.8) is 0 Å². The molecule has 6 heteroatoms. The van der Waals surface area contributed by atoms with Gasteiger partial charge in [0, 0.05) is 21.9 Å². The molecule has 2 aromatic rings. The van der Waals surface area contributed by atoms with Gasteiger partial charge in [0.2, 0.25) is 0 Å². The highest BCUT2D eigenvalue weighted by Gasteiger charge is 2.02. The Hall–Kier alpha value is -0.910. The first-order valence-electron chi connectivity index (χ1n) is 5.57. The van der Waals surface area contributed by atoms with E-state index in [1.165, 1.54) is 0 Å². The number of halogens is 2. The summed E-state index contributed by atoms with van der Waals surface area (Å²) in [6.07, 6.45) is 1.76. The van der Waals surface area contributed by atoms with E-state index in [1.807, 2.05) is 18.2 Å². The summed E-state index contributed by atoms with van der Waals surface area (Å²) in [5.41, 5.74) is 5.53. The highest BCUT2D eigenvalue weighted by Crippen LogP contribution is 2.28. The van der Waals surface area contributed by atoms with E-state index in [9.17, 15) is 0 Å². The number of nitrogen functional groups attached to an aromatic ring is 1. The zero-order valence-electron chi connectivity index (χ0n) is 9.98. The van der Waals surface area contributed by atoms with Crippen LogP contribution < -0.4 is 10.5 Å². The zero-order chi connectivity index (χ0) is 13.7. The van der Waals surface area contributed by atoms with Gasteiger partial charge in [0.15, 0.2) is 0 Å². The van der Waals surface area contributed by atoms with E-state index in [0.29, 0.717) is 17.4 Å². The minimum absolute atomic E-state index is 0.533. The molecule has 0 amide bonds. The van der Waals surface area contributed by atoms with E-state index < -0.39 is 0 Å². The molecule has 2 rings (SSSR count). The number of hydrogen-bond donors (Lipinski definition) is 1. The number of ether oxygens (including phenoxy) is 1. The zero-order valence-corrected chi connectivity index (χ0v) is 13.1. The van der Waals surface area contributed by atoms with E-state index in [0.717, 1.165) is 20.9 Å². The number of thioether (sulfide) groups is 1. The Morgan fingerprint density at radius 1 is 1.32 bits per heavy atom. The van der Waals surface area contributed by atoms with Crippen LogP contribution in [0, 0.1) is 0 Å². The Morgan fingerprint density at radius 2 is 2.16 bits per heavy atom. The molecule has 0 spiro atoms. The van der Waals surface area contributed by atoms with Gasteiger partial charge in [-0.25, -0.2) is 4.98 Å². The smallest absolute Gasteiger partial charge is 0.133 e. The monoisotopic (exact) mass is 358 g/mol. The normalized spacial score (nSPS) is 10.4.